The Balaban J connectivity index is 2.61. The molecule has 0 spiro atoms. The first-order chi connectivity index (χ1) is 4.88. The molecule has 1 aliphatic rings. The highest BCUT2D eigenvalue weighted by Crippen LogP contribution is 2.21. The third kappa shape index (κ3) is 1.32. The van der Waals surface area contributed by atoms with E-state index in [1.807, 2.05) is 24.7 Å². The van der Waals surface area contributed by atoms with E-state index >= 15 is 0 Å². The first-order valence-corrected chi connectivity index (χ1v) is 3.29. The molecule has 1 aliphatic carbocycles. The second-order valence-electron chi connectivity index (χ2n) is 2.39. The molecule has 0 bridgehead atoms. The van der Waals surface area contributed by atoms with E-state index in [0.29, 0.717) is 12.8 Å². The molecule has 0 aromatic carbocycles. The average Bonchev–Trinajstić information content (AvgIpc) is 2.04. The summed E-state index contributed by atoms with van der Waals surface area (Å²) in [7, 11) is 0. The molecule has 52 valence electrons. The van der Waals surface area contributed by atoms with Gasteiger partial charge < -0.3 is 0 Å². The van der Waals surface area contributed by atoms with Crippen molar-refractivity contribution in [1.29, 1.82) is 0 Å². The van der Waals surface area contributed by atoms with Crippen molar-refractivity contribution >= 4 is 12.6 Å². The highest BCUT2D eigenvalue weighted by atomic mass is 16.1. The SMILES string of the molecule is O=[C][C@@H]1CC=CC[C@H]1[C]=O. The summed E-state index contributed by atoms with van der Waals surface area (Å²) in [6, 6.07) is 0. The maximum Gasteiger partial charge on any atom is 0.202 e. The van der Waals surface area contributed by atoms with Crippen molar-refractivity contribution in [3.05, 3.63) is 12.2 Å². The number of hydrogen-bond acceptors (Lipinski definition) is 2. The van der Waals surface area contributed by atoms with Crippen LogP contribution in [0.25, 0.3) is 0 Å². The summed E-state index contributed by atoms with van der Waals surface area (Å²) >= 11 is 0. The number of rotatable bonds is 2. The molecule has 0 saturated heterocycles. The zero-order chi connectivity index (χ0) is 7.40. The molecule has 10 heavy (non-hydrogen) atoms. The van der Waals surface area contributed by atoms with Gasteiger partial charge in [0.2, 0.25) is 12.6 Å². The topological polar surface area (TPSA) is 34.1 Å². The Morgan fingerprint density at radius 2 is 1.40 bits per heavy atom. The summed E-state index contributed by atoms with van der Waals surface area (Å²) < 4.78 is 0. The normalized spacial score (nSPS) is 31.6. The van der Waals surface area contributed by atoms with Crippen molar-refractivity contribution in [2.45, 2.75) is 12.8 Å². The molecule has 0 heterocycles. The zero-order valence-electron chi connectivity index (χ0n) is 5.54. The lowest BCUT2D eigenvalue weighted by Crippen LogP contribution is -2.18. The van der Waals surface area contributed by atoms with Gasteiger partial charge in [0.25, 0.3) is 0 Å². The molecule has 0 saturated carbocycles. The highest BCUT2D eigenvalue weighted by molar-refractivity contribution is 5.66. The third-order valence-electron chi connectivity index (χ3n) is 1.74. The van der Waals surface area contributed by atoms with E-state index < -0.39 is 0 Å². The van der Waals surface area contributed by atoms with Crippen LogP contribution in [0.5, 0.6) is 0 Å². The average molecular weight is 136 g/mol. The number of allylic oxidation sites excluding steroid dienone is 2. The van der Waals surface area contributed by atoms with Crippen LogP contribution in [0.15, 0.2) is 12.2 Å². The molecule has 2 radical (unpaired) electrons. The van der Waals surface area contributed by atoms with Crippen LogP contribution in [0.3, 0.4) is 0 Å². The lowest BCUT2D eigenvalue weighted by Gasteiger charge is -2.15. The molecule has 0 amide bonds. The van der Waals surface area contributed by atoms with Crippen LogP contribution in [-0.2, 0) is 9.59 Å². The van der Waals surface area contributed by atoms with Gasteiger partial charge in [-0.3, -0.25) is 9.59 Å². The standard InChI is InChI=1S/C8H8O2/c9-5-7-3-1-2-4-8(7)6-10/h1-2,7-8H,3-4H2/t7-,8-/m0/s1. The van der Waals surface area contributed by atoms with Crippen molar-refractivity contribution < 1.29 is 9.59 Å². The molecule has 0 aromatic heterocycles. The highest BCUT2D eigenvalue weighted by Gasteiger charge is 2.22. The predicted molar refractivity (Wildman–Crippen MR) is 36.7 cm³/mol. The van der Waals surface area contributed by atoms with E-state index in [1.54, 1.807) is 0 Å². The lowest BCUT2D eigenvalue weighted by molar-refractivity contribution is 0.437. The number of carbonyl (C=O) groups excluding carboxylic acids is 2. The molecular formula is C8H8O2. The van der Waals surface area contributed by atoms with Crippen molar-refractivity contribution in [3.8, 4) is 0 Å². The fraction of sp³-hybridized carbons (Fsp3) is 0.500. The molecule has 0 fully saturated rings. The molecule has 0 aromatic rings. The molecule has 2 heteroatoms. The van der Waals surface area contributed by atoms with Gasteiger partial charge in [-0.1, -0.05) is 12.2 Å². The van der Waals surface area contributed by atoms with Crippen LogP contribution in [-0.4, -0.2) is 12.6 Å². The Morgan fingerprint density at radius 3 is 1.70 bits per heavy atom. The fourth-order valence-electron chi connectivity index (χ4n) is 1.07. The van der Waals surface area contributed by atoms with Crippen LogP contribution in [0, 0.1) is 11.8 Å². The van der Waals surface area contributed by atoms with Gasteiger partial charge in [0.1, 0.15) is 0 Å². The van der Waals surface area contributed by atoms with Gasteiger partial charge >= 0.3 is 0 Å². The smallest absolute Gasteiger partial charge is 0.202 e. The Labute approximate surface area is 59.9 Å². The molecule has 0 unspecified atom stereocenters. The summed E-state index contributed by atoms with van der Waals surface area (Å²) in [6.07, 6.45) is 8.78. The first kappa shape index (κ1) is 7.19. The van der Waals surface area contributed by atoms with Crippen LogP contribution >= 0.6 is 0 Å². The summed E-state index contributed by atoms with van der Waals surface area (Å²) in [6.45, 7) is 0. The monoisotopic (exact) mass is 136 g/mol. The minimum Gasteiger partial charge on any atom is -0.291 e. The quantitative estimate of drug-likeness (QED) is 0.526. The molecule has 1 rings (SSSR count). The first-order valence-electron chi connectivity index (χ1n) is 3.29. The summed E-state index contributed by atoms with van der Waals surface area (Å²) in [4.78, 5) is 20.4. The minimum atomic E-state index is -0.248. The Kier molecular flexibility index (Phi) is 2.37. The van der Waals surface area contributed by atoms with E-state index in [-0.39, 0.29) is 11.8 Å². The van der Waals surface area contributed by atoms with Gasteiger partial charge in [0, 0.05) is 11.8 Å². The molecule has 0 aliphatic heterocycles. The Bertz CT molecular complexity index is 143. The second-order valence-corrected chi connectivity index (χ2v) is 2.39. The van der Waals surface area contributed by atoms with Gasteiger partial charge in [-0.05, 0) is 12.8 Å². The summed E-state index contributed by atoms with van der Waals surface area (Å²) in [5, 5.41) is 0. The van der Waals surface area contributed by atoms with Crippen LogP contribution < -0.4 is 0 Å². The molecule has 2 atom stereocenters. The van der Waals surface area contributed by atoms with Gasteiger partial charge in [-0.25, -0.2) is 0 Å². The van der Waals surface area contributed by atoms with E-state index in [4.69, 9.17) is 0 Å². The van der Waals surface area contributed by atoms with Crippen molar-refractivity contribution in [1.82, 2.24) is 0 Å². The maximum atomic E-state index is 10.2. The summed E-state index contributed by atoms with van der Waals surface area (Å²) in [5.41, 5.74) is 0. The molecule has 2 nitrogen and oxygen atoms in total. The van der Waals surface area contributed by atoms with Crippen molar-refractivity contribution in [2.24, 2.45) is 11.8 Å². The number of hydrogen-bond donors (Lipinski definition) is 0. The fourth-order valence-corrected chi connectivity index (χ4v) is 1.07. The van der Waals surface area contributed by atoms with Gasteiger partial charge in [-0.15, -0.1) is 0 Å². The summed E-state index contributed by atoms with van der Waals surface area (Å²) in [5.74, 6) is -0.495. The molecule has 0 N–H and O–H groups in total. The second kappa shape index (κ2) is 3.30. The van der Waals surface area contributed by atoms with Crippen LogP contribution in [0.4, 0.5) is 0 Å². The van der Waals surface area contributed by atoms with Gasteiger partial charge in [0.15, 0.2) is 0 Å². The minimum absolute atomic E-state index is 0.248. The lowest BCUT2D eigenvalue weighted by atomic mass is 9.85. The van der Waals surface area contributed by atoms with E-state index in [2.05, 4.69) is 0 Å². The molecular weight excluding hydrogens is 128 g/mol. The zero-order valence-corrected chi connectivity index (χ0v) is 5.54. The third-order valence-corrected chi connectivity index (χ3v) is 1.74. The van der Waals surface area contributed by atoms with Crippen molar-refractivity contribution in [2.75, 3.05) is 0 Å². The van der Waals surface area contributed by atoms with E-state index in [9.17, 15) is 9.59 Å². The van der Waals surface area contributed by atoms with Gasteiger partial charge in [-0.2, -0.15) is 0 Å². The van der Waals surface area contributed by atoms with E-state index in [1.165, 1.54) is 0 Å². The predicted octanol–water partition coefficient (Wildman–Crippen LogP) is 0.788. The maximum absolute atomic E-state index is 10.2. The Hall–Kier alpha value is -0.920. The van der Waals surface area contributed by atoms with Gasteiger partial charge in [0.05, 0.1) is 0 Å². The van der Waals surface area contributed by atoms with E-state index in [0.717, 1.165) is 0 Å². The Morgan fingerprint density at radius 1 is 1.00 bits per heavy atom. The van der Waals surface area contributed by atoms with Crippen molar-refractivity contribution in [3.63, 3.8) is 0 Å². The van der Waals surface area contributed by atoms with Crippen LogP contribution in [0.2, 0.25) is 0 Å². The van der Waals surface area contributed by atoms with Crippen LogP contribution in [0.1, 0.15) is 12.8 Å². The largest absolute Gasteiger partial charge is 0.291 e.